The number of aromatic nitrogens is 1. The second-order valence-electron chi connectivity index (χ2n) is 6.62. The predicted octanol–water partition coefficient (Wildman–Crippen LogP) is 5.27. The minimum Gasteiger partial charge on any atom is -0.349 e. The molecule has 1 fully saturated rings. The highest BCUT2D eigenvalue weighted by Gasteiger charge is 2.33. The molecule has 3 aromatic rings. The number of hydrogen-bond acceptors (Lipinski definition) is 3. The van der Waals surface area contributed by atoms with Gasteiger partial charge in [0.15, 0.2) is 0 Å². The van der Waals surface area contributed by atoms with Crippen molar-refractivity contribution in [3.8, 4) is 10.6 Å². The maximum absolute atomic E-state index is 12.6. The molecule has 4 rings (SSSR count). The van der Waals surface area contributed by atoms with E-state index in [1.54, 1.807) is 0 Å². The highest BCUT2D eigenvalue weighted by molar-refractivity contribution is 7.13. The van der Waals surface area contributed by atoms with Crippen LogP contribution in [0.5, 0.6) is 0 Å². The van der Waals surface area contributed by atoms with Crippen LogP contribution < -0.4 is 5.32 Å². The zero-order valence-electron chi connectivity index (χ0n) is 14.2. The van der Waals surface area contributed by atoms with Gasteiger partial charge in [0.05, 0.1) is 18.2 Å². The number of carbonyl (C=O) groups is 1. The first kappa shape index (κ1) is 17.3. The molecule has 5 heteroatoms. The molecule has 1 heterocycles. The lowest BCUT2D eigenvalue weighted by molar-refractivity contribution is -0.121. The van der Waals surface area contributed by atoms with Crippen molar-refractivity contribution >= 4 is 28.8 Å². The molecule has 0 radical (unpaired) electrons. The maximum Gasteiger partial charge on any atom is 0.226 e. The van der Waals surface area contributed by atoms with Crippen molar-refractivity contribution in [2.24, 2.45) is 5.92 Å². The average molecular weight is 383 g/mol. The van der Waals surface area contributed by atoms with Crippen molar-refractivity contribution in [3.63, 3.8) is 0 Å². The predicted molar refractivity (Wildman–Crippen MR) is 106 cm³/mol. The Hall–Kier alpha value is -2.17. The van der Waals surface area contributed by atoms with Gasteiger partial charge in [0, 0.05) is 16.0 Å². The van der Waals surface area contributed by atoms with Crippen LogP contribution in [0.15, 0.2) is 60.0 Å². The third-order valence-corrected chi connectivity index (χ3v) is 5.71. The van der Waals surface area contributed by atoms with Gasteiger partial charge in [-0.15, -0.1) is 11.3 Å². The third kappa shape index (κ3) is 4.14. The highest BCUT2D eigenvalue weighted by Crippen LogP contribution is 2.41. The molecule has 26 heavy (non-hydrogen) atoms. The number of nitrogens with zero attached hydrogens (tertiary/aromatic N) is 1. The molecule has 3 nitrogen and oxygen atoms in total. The van der Waals surface area contributed by atoms with E-state index < -0.39 is 0 Å². The normalized spacial score (nSPS) is 14.8. The summed E-state index contributed by atoms with van der Waals surface area (Å²) in [5.74, 6) is 0.576. The van der Waals surface area contributed by atoms with Crippen LogP contribution in [0.4, 0.5) is 0 Å². The average Bonchev–Trinajstić information content (AvgIpc) is 3.39. The molecule has 1 unspecified atom stereocenters. The molecule has 1 aliphatic carbocycles. The quantitative estimate of drug-likeness (QED) is 0.630. The van der Waals surface area contributed by atoms with Gasteiger partial charge in [-0.05, 0) is 36.5 Å². The van der Waals surface area contributed by atoms with Crippen LogP contribution in [0.25, 0.3) is 10.6 Å². The molecule has 2 aromatic carbocycles. The smallest absolute Gasteiger partial charge is 0.226 e. The fourth-order valence-corrected chi connectivity index (χ4v) is 4.10. The van der Waals surface area contributed by atoms with Gasteiger partial charge in [-0.1, -0.05) is 54.1 Å². The summed E-state index contributed by atoms with van der Waals surface area (Å²) < 4.78 is 0. The van der Waals surface area contributed by atoms with Crippen LogP contribution in [-0.4, -0.2) is 10.9 Å². The molecule has 132 valence electrons. The molecule has 0 bridgehead atoms. The van der Waals surface area contributed by atoms with E-state index in [1.807, 2.05) is 47.8 Å². The summed E-state index contributed by atoms with van der Waals surface area (Å²) in [6.45, 7) is 0. The van der Waals surface area contributed by atoms with Gasteiger partial charge in [-0.2, -0.15) is 0 Å². The summed E-state index contributed by atoms with van der Waals surface area (Å²) in [5.41, 5.74) is 2.96. The van der Waals surface area contributed by atoms with E-state index in [9.17, 15) is 4.79 Å². The first-order valence-electron chi connectivity index (χ1n) is 8.74. The fourth-order valence-electron chi connectivity index (χ4n) is 3.09. The lowest BCUT2D eigenvalue weighted by Crippen LogP contribution is -2.31. The zero-order valence-corrected chi connectivity index (χ0v) is 15.8. The topological polar surface area (TPSA) is 42.0 Å². The van der Waals surface area contributed by atoms with Gasteiger partial charge < -0.3 is 5.32 Å². The summed E-state index contributed by atoms with van der Waals surface area (Å²) in [6, 6.07) is 17.9. The van der Waals surface area contributed by atoms with Crippen molar-refractivity contribution in [1.82, 2.24) is 10.3 Å². The number of thiazole rings is 1. The second-order valence-corrected chi connectivity index (χ2v) is 7.92. The van der Waals surface area contributed by atoms with Gasteiger partial charge in [0.25, 0.3) is 0 Å². The van der Waals surface area contributed by atoms with Gasteiger partial charge in [0.1, 0.15) is 5.01 Å². The first-order valence-corrected chi connectivity index (χ1v) is 9.99. The Morgan fingerprint density at radius 2 is 2.00 bits per heavy atom. The lowest BCUT2D eigenvalue weighted by Gasteiger charge is -2.18. The van der Waals surface area contributed by atoms with Crippen LogP contribution in [0, 0.1) is 5.92 Å². The van der Waals surface area contributed by atoms with Gasteiger partial charge in [0.2, 0.25) is 5.91 Å². The Bertz CT molecular complexity index is 905. The summed E-state index contributed by atoms with van der Waals surface area (Å²) in [4.78, 5) is 17.2. The Balaban J connectivity index is 1.43. The number of benzene rings is 2. The van der Waals surface area contributed by atoms with Crippen molar-refractivity contribution in [2.75, 3.05) is 0 Å². The van der Waals surface area contributed by atoms with Crippen LogP contribution in [0.3, 0.4) is 0 Å². The number of amides is 1. The first-order chi connectivity index (χ1) is 12.7. The molecule has 1 saturated carbocycles. The minimum absolute atomic E-state index is 0.0219. The van der Waals surface area contributed by atoms with Gasteiger partial charge in [-0.3, -0.25) is 4.79 Å². The maximum atomic E-state index is 12.6. The second kappa shape index (κ2) is 7.60. The molecule has 0 saturated heterocycles. The van der Waals surface area contributed by atoms with Crippen molar-refractivity contribution < 1.29 is 4.79 Å². The SMILES string of the molecule is O=C(Cc1csc(-c2cccc(Cl)c2)n1)NC(c1ccccc1)C1CC1. The van der Waals surface area contributed by atoms with Crippen molar-refractivity contribution in [1.29, 1.82) is 0 Å². The third-order valence-electron chi connectivity index (χ3n) is 4.53. The number of hydrogen-bond donors (Lipinski definition) is 1. The van der Waals surface area contributed by atoms with E-state index in [-0.39, 0.29) is 11.9 Å². The minimum atomic E-state index is 0.0219. The van der Waals surface area contributed by atoms with E-state index in [0.717, 1.165) is 16.3 Å². The zero-order chi connectivity index (χ0) is 17.9. The molecule has 1 atom stereocenters. The molecular formula is C21H19ClN2OS. The molecule has 1 aliphatic rings. The number of nitrogens with one attached hydrogen (secondary N) is 1. The Labute approximate surface area is 162 Å². The van der Waals surface area contributed by atoms with E-state index in [2.05, 4.69) is 22.4 Å². The van der Waals surface area contributed by atoms with E-state index in [1.165, 1.54) is 29.7 Å². The number of halogens is 1. The molecule has 1 amide bonds. The lowest BCUT2D eigenvalue weighted by atomic mass is 10.0. The largest absolute Gasteiger partial charge is 0.349 e. The summed E-state index contributed by atoms with van der Waals surface area (Å²) in [5, 5.41) is 6.73. The van der Waals surface area contributed by atoms with Crippen LogP contribution in [-0.2, 0) is 11.2 Å². The van der Waals surface area contributed by atoms with E-state index in [0.29, 0.717) is 17.4 Å². The fraction of sp³-hybridized carbons (Fsp3) is 0.238. The Morgan fingerprint density at radius 1 is 1.19 bits per heavy atom. The Morgan fingerprint density at radius 3 is 2.73 bits per heavy atom. The van der Waals surface area contributed by atoms with Crippen LogP contribution in [0.2, 0.25) is 5.02 Å². The Kier molecular flexibility index (Phi) is 5.05. The molecule has 0 spiro atoms. The standard InChI is InChI=1S/C21H19ClN2OS/c22-17-8-4-7-16(11-17)21-23-18(13-26-21)12-19(25)24-20(15-9-10-15)14-5-2-1-3-6-14/h1-8,11,13,15,20H,9-10,12H2,(H,24,25). The number of rotatable bonds is 6. The van der Waals surface area contributed by atoms with E-state index >= 15 is 0 Å². The van der Waals surface area contributed by atoms with Crippen LogP contribution in [0.1, 0.15) is 30.1 Å². The molecule has 1 N–H and O–H groups in total. The summed E-state index contributed by atoms with van der Waals surface area (Å²) >= 11 is 7.59. The van der Waals surface area contributed by atoms with Gasteiger partial charge in [-0.25, -0.2) is 4.98 Å². The molecule has 1 aromatic heterocycles. The summed E-state index contributed by atoms with van der Waals surface area (Å²) in [6.07, 6.45) is 2.65. The molecule has 0 aliphatic heterocycles. The molecular weight excluding hydrogens is 364 g/mol. The highest BCUT2D eigenvalue weighted by atomic mass is 35.5. The summed E-state index contributed by atoms with van der Waals surface area (Å²) in [7, 11) is 0. The van der Waals surface area contributed by atoms with Crippen molar-refractivity contribution in [2.45, 2.75) is 25.3 Å². The van der Waals surface area contributed by atoms with Crippen LogP contribution >= 0.6 is 22.9 Å². The monoisotopic (exact) mass is 382 g/mol. The number of carbonyl (C=O) groups excluding carboxylic acids is 1. The van der Waals surface area contributed by atoms with E-state index in [4.69, 9.17) is 11.6 Å². The van der Waals surface area contributed by atoms with Crippen molar-refractivity contribution in [3.05, 3.63) is 76.3 Å². The van der Waals surface area contributed by atoms with Gasteiger partial charge >= 0.3 is 0 Å².